The second kappa shape index (κ2) is 5.15. The number of hydrogen-bond acceptors (Lipinski definition) is 7. The molecule has 0 saturated carbocycles. The molecule has 0 radical (unpaired) electrons. The van der Waals surface area contributed by atoms with E-state index in [-0.39, 0.29) is 11.0 Å². The van der Waals surface area contributed by atoms with Crippen molar-refractivity contribution < 1.29 is 8.42 Å². The van der Waals surface area contributed by atoms with E-state index in [0.29, 0.717) is 12.1 Å². The highest BCUT2D eigenvalue weighted by atomic mass is 32.2. The summed E-state index contributed by atoms with van der Waals surface area (Å²) in [5, 5.41) is 6.20. The van der Waals surface area contributed by atoms with Crippen LogP contribution >= 0.6 is 0 Å². The maximum absolute atomic E-state index is 12.5. The van der Waals surface area contributed by atoms with E-state index in [1.807, 2.05) is 6.92 Å². The Morgan fingerprint density at radius 3 is 2.67 bits per heavy atom. The summed E-state index contributed by atoms with van der Waals surface area (Å²) in [6.07, 6.45) is 4.69. The molecule has 0 bridgehead atoms. The number of nitrogens with zero attached hydrogens (tertiary/aromatic N) is 3. The highest BCUT2D eigenvalue weighted by molar-refractivity contribution is 7.92. The lowest BCUT2D eigenvalue weighted by Crippen LogP contribution is -2.43. The summed E-state index contributed by atoms with van der Waals surface area (Å²) in [4.78, 5) is 4.12. The molecular formula is C12H20N6O2S. The van der Waals surface area contributed by atoms with Crippen molar-refractivity contribution in [2.45, 2.75) is 43.3 Å². The molecule has 9 heteroatoms. The minimum Gasteiger partial charge on any atom is -0.370 e. The van der Waals surface area contributed by atoms with Gasteiger partial charge in [-0.25, -0.2) is 13.4 Å². The van der Waals surface area contributed by atoms with Crippen LogP contribution in [0.15, 0.2) is 28.5 Å². The van der Waals surface area contributed by atoms with Gasteiger partial charge in [-0.15, -0.1) is 0 Å². The number of hydrogen-bond donors (Lipinski definition) is 3. The highest BCUT2D eigenvalue weighted by Crippen LogP contribution is 2.30. The van der Waals surface area contributed by atoms with Gasteiger partial charge in [-0.05, 0) is 26.8 Å². The molecule has 1 unspecified atom stereocenters. The summed E-state index contributed by atoms with van der Waals surface area (Å²) in [7, 11) is -3.58. The van der Waals surface area contributed by atoms with Crippen LogP contribution in [0.2, 0.25) is 0 Å². The van der Waals surface area contributed by atoms with Crippen LogP contribution in [-0.2, 0) is 22.0 Å². The molecule has 0 aliphatic carbocycles. The number of sulfone groups is 1. The van der Waals surface area contributed by atoms with Crippen molar-refractivity contribution in [3.8, 4) is 0 Å². The molecule has 8 nitrogen and oxygen atoms in total. The maximum atomic E-state index is 12.5. The number of rotatable bonds is 4. The highest BCUT2D eigenvalue weighted by Gasteiger charge is 2.37. The van der Waals surface area contributed by atoms with E-state index in [2.05, 4.69) is 15.4 Å². The molecule has 1 aromatic rings. The SMILES string of the molecule is CCn1cc(C2(N)C=CNC(N)=N2)c(S(=O)(=O)C(C)C)n1. The Kier molecular flexibility index (Phi) is 3.81. The smallest absolute Gasteiger partial charge is 0.200 e. The van der Waals surface area contributed by atoms with Crippen molar-refractivity contribution in [3.05, 3.63) is 24.0 Å². The topological polar surface area (TPSA) is 128 Å². The van der Waals surface area contributed by atoms with Crippen molar-refractivity contribution >= 4 is 15.8 Å². The summed E-state index contributed by atoms with van der Waals surface area (Å²) >= 11 is 0. The Balaban J connectivity index is 2.67. The van der Waals surface area contributed by atoms with Crippen molar-refractivity contribution in [2.24, 2.45) is 16.5 Å². The molecule has 0 saturated heterocycles. The predicted molar refractivity (Wildman–Crippen MR) is 80.0 cm³/mol. The molecule has 5 N–H and O–H groups in total. The van der Waals surface area contributed by atoms with E-state index >= 15 is 0 Å². The molecule has 2 rings (SSSR count). The quantitative estimate of drug-likeness (QED) is 0.695. The third kappa shape index (κ3) is 2.66. The Bertz CT molecular complexity index is 703. The van der Waals surface area contributed by atoms with E-state index < -0.39 is 20.8 Å². The van der Waals surface area contributed by atoms with Crippen LogP contribution in [0, 0.1) is 0 Å². The fourth-order valence-electron chi connectivity index (χ4n) is 1.95. The fourth-order valence-corrected chi connectivity index (χ4v) is 3.13. The molecule has 0 aromatic carbocycles. The first-order valence-electron chi connectivity index (χ1n) is 6.61. The molecule has 0 amide bonds. The van der Waals surface area contributed by atoms with Gasteiger partial charge in [0.2, 0.25) is 0 Å². The average Bonchev–Trinajstić information content (AvgIpc) is 2.83. The molecule has 0 spiro atoms. The van der Waals surface area contributed by atoms with Crippen LogP contribution in [0.3, 0.4) is 0 Å². The summed E-state index contributed by atoms with van der Waals surface area (Å²) in [6.45, 7) is 5.59. The second-order valence-electron chi connectivity index (χ2n) is 5.10. The third-order valence-electron chi connectivity index (χ3n) is 3.25. The first kappa shape index (κ1) is 15.5. The van der Waals surface area contributed by atoms with Gasteiger partial charge < -0.3 is 11.1 Å². The Labute approximate surface area is 123 Å². The van der Waals surface area contributed by atoms with Crippen molar-refractivity contribution in [3.63, 3.8) is 0 Å². The van der Waals surface area contributed by atoms with Crippen molar-refractivity contribution in [2.75, 3.05) is 0 Å². The molecule has 21 heavy (non-hydrogen) atoms. The lowest BCUT2D eigenvalue weighted by Gasteiger charge is -2.25. The molecule has 1 atom stereocenters. The number of guanidine groups is 1. The molecule has 1 aromatic heterocycles. The zero-order valence-electron chi connectivity index (χ0n) is 12.2. The maximum Gasteiger partial charge on any atom is 0.200 e. The van der Waals surface area contributed by atoms with Crippen molar-refractivity contribution in [1.29, 1.82) is 0 Å². The Morgan fingerprint density at radius 1 is 1.48 bits per heavy atom. The van der Waals surface area contributed by atoms with E-state index in [1.165, 1.54) is 10.9 Å². The van der Waals surface area contributed by atoms with Gasteiger partial charge >= 0.3 is 0 Å². The van der Waals surface area contributed by atoms with Crippen LogP contribution in [-0.4, -0.2) is 29.4 Å². The monoisotopic (exact) mass is 312 g/mol. The van der Waals surface area contributed by atoms with Gasteiger partial charge in [0.15, 0.2) is 26.5 Å². The Hall–Kier alpha value is -1.87. The molecule has 0 fully saturated rings. The fraction of sp³-hybridized carbons (Fsp3) is 0.500. The van der Waals surface area contributed by atoms with Gasteiger partial charge in [0.05, 0.1) is 10.8 Å². The summed E-state index contributed by atoms with van der Waals surface area (Å²) in [6, 6.07) is 0. The van der Waals surface area contributed by atoms with Gasteiger partial charge in [-0.1, -0.05) is 0 Å². The minimum absolute atomic E-state index is 0.0510. The van der Waals surface area contributed by atoms with Gasteiger partial charge in [-0.2, -0.15) is 5.10 Å². The minimum atomic E-state index is -3.58. The lowest BCUT2D eigenvalue weighted by molar-refractivity contribution is 0.549. The molecular weight excluding hydrogens is 292 g/mol. The van der Waals surface area contributed by atoms with Crippen LogP contribution in [0.5, 0.6) is 0 Å². The van der Waals surface area contributed by atoms with Gasteiger partial charge in [0.25, 0.3) is 0 Å². The summed E-state index contributed by atoms with van der Waals surface area (Å²) in [5.74, 6) is 0.122. The average molecular weight is 312 g/mol. The van der Waals surface area contributed by atoms with Gasteiger partial charge in [0.1, 0.15) is 0 Å². The molecule has 1 aliphatic rings. The van der Waals surface area contributed by atoms with E-state index in [9.17, 15) is 8.42 Å². The molecule has 1 aliphatic heterocycles. The lowest BCUT2D eigenvalue weighted by atomic mass is 10.0. The molecule has 2 heterocycles. The summed E-state index contributed by atoms with van der Waals surface area (Å²) < 4.78 is 26.5. The largest absolute Gasteiger partial charge is 0.370 e. The second-order valence-corrected chi connectivity index (χ2v) is 7.52. The normalized spacial score (nSPS) is 22.2. The van der Waals surface area contributed by atoms with Crippen LogP contribution in [0.25, 0.3) is 0 Å². The first-order chi connectivity index (χ1) is 9.70. The van der Waals surface area contributed by atoms with E-state index in [0.717, 1.165) is 0 Å². The summed E-state index contributed by atoms with van der Waals surface area (Å²) in [5.41, 5.74) is 10.8. The number of nitrogens with one attached hydrogen (secondary N) is 1. The van der Waals surface area contributed by atoms with E-state index in [4.69, 9.17) is 11.5 Å². The predicted octanol–water partition coefficient (Wildman–Crippen LogP) is -0.372. The van der Waals surface area contributed by atoms with Crippen LogP contribution < -0.4 is 16.8 Å². The first-order valence-corrected chi connectivity index (χ1v) is 8.15. The van der Waals surface area contributed by atoms with Crippen LogP contribution in [0.4, 0.5) is 0 Å². The van der Waals surface area contributed by atoms with Gasteiger partial charge in [-0.3, -0.25) is 10.4 Å². The van der Waals surface area contributed by atoms with Gasteiger partial charge in [0, 0.05) is 18.9 Å². The third-order valence-corrected chi connectivity index (χ3v) is 5.33. The number of aryl methyl sites for hydroxylation is 1. The zero-order chi connectivity index (χ0) is 15.8. The molecule has 116 valence electrons. The standard InChI is InChI=1S/C12H20N6O2S/c1-4-18-7-9(10(17-18)21(19,20)8(2)3)12(14)5-6-15-11(13)16-12/h5-8H,4,14H2,1-3H3,(H3,13,15,16). The Morgan fingerprint density at radius 2 is 2.14 bits per heavy atom. The number of aliphatic imine (C=N–C) groups is 1. The number of nitrogens with two attached hydrogens (primary N) is 2. The zero-order valence-corrected chi connectivity index (χ0v) is 13.1. The number of aromatic nitrogens is 2. The van der Waals surface area contributed by atoms with Crippen LogP contribution in [0.1, 0.15) is 26.3 Å². The van der Waals surface area contributed by atoms with E-state index in [1.54, 1.807) is 26.1 Å². The van der Waals surface area contributed by atoms with Crippen molar-refractivity contribution in [1.82, 2.24) is 15.1 Å².